The van der Waals surface area contributed by atoms with Gasteiger partial charge in [0.05, 0.1) is 26.2 Å². The van der Waals surface area contributed by atoms with E-state index in [2.05, 4.69) is 0 Å². The van der Waals surface area contributed by atoms with Crippen molar-refractivity contribution < 1.29 is 23.4 Å². The first kappa shape index (κ1) is 19.5. The molecule has 3 rings (SSSR count). The van der Waals surface area contributed by atoms with E-state index in [1.165, 1.54) is 12.1 Å². The number of halogens is 2. The fourth-order valence-corrected chi connectivity index (χ4v) is 2.84. The third-order valence-electron chi connectivity index (χ3n) is 4.14. The van der Waals surface area contributed by atoms with Gasteiger partial charge in [-0.25, -0.2) is 4.39 Å². The molecule has 5 nitrogen and oxygen atoms in total. The number of rotatable bonds is 7. The molecular formula is C20H21ClFNO4. The summed E-state index contributed by atoms with van der Waals surface area (Å²) in [5, 5.41) is 0.639. The summed E-state index contributed by atoms with van der Waals surface area (Å²) < 4.78 is 29.7. The molecule has 0 aliphatic carbocycles. The van der Waals surface area contributed by atoms with Gasteiger partial charge in [-0.3, -0.25) is 4.79 Å². The summed E-state index contributed by atoms with van der Waals surface area (Å²) in [5.41, 5.74) is 0. The highest BCUT2D eigenvalue weighted by molar-refractivity contribution is 6.30. The zero-order valence-electron chi connectivity index (χ0n) is 14.8. The zero-order chi connectivity index (χ0) is 19.1. The van der Waals surface area contributed by atoms with Gasteiger partial charge >= 0.3 is 0 Å². The van der Waals surface area contributed by atoms with Crippen LogP contribution in [0.3, 0.4) is 0 Å². The van der Waals surface area contributed by atoms with Crippen molar-refractivity contribution in [2.45, 2.75) is 12.5 Å². The lowest BCUT2D eigenvalue weighted by atomic mass is 10.2. The van der Waals surface area contributed by atoms with Crippen LogP contribution in [-0.4, -0.2) is 49.8 Å². The van der Waals surface area contributed by atoms with Gasteiger partial charge in [-0.15, -0.1) is 0 Å². The lowest BCUT2D eigenvalue weighted by molar-refractivity contribution is -0.140. The van der Waals surface area contributed by atoms with Crippen molar-refractivity contribution in [3.05, 3.63) is 59.4 Å². The Labute approximate surface area is 162 Å². The maximum Gasteiger partial charge on any atom is 0.226 e. The number of carbonyl (C=O) groups is 1. The Morgan fingerprint density at radius 3 is 2.52 bits per heavy atom. The van der Waals surface area contributed by atoms with E-state index >= 15 is 0 Å². The minimum absolute atomic E-state index is 0.0130. The normalized spacial score (nSPS) is 16.8. The molecule has 0 N–H and O–H groups in total. The maximum atomic E-state index is 12.9. The predicted molar refractivity (Wildman–Crippen MR) is 99.8 cm³/mol. The van der Waals surface area contributed by atoms with E-state index in [4.69, 9.17) is 25.8 Å². The molecule has 1 aliphatic rings. The number of hydrogen-bond donors (Lipinski definition) is 0. The Hall–Kier alpha value is -2.31. The number of amides is 1. The fourth-order valence-electron chi connectivity index (χ4n) is 2.71. The SMILES string of the molecule is O=C(CCOc1ccc(Cl)cc1)N1CCOC(COc2ccc(F)cc2)C1. The molecule has 0 saturated carbocycles. The van der Waals surface area contributed by atoms with Crippen molar-refractivity contribution in [2.24, 2.45) is 0 Å². The summed E-state index contributed by atoms with van der Waals surface area (Å²) in [6.45, 7) is 2.07. The van der Waals surface area contributed by atoms with Crippen LogP contribution in [0.25, 0.3) is 0 Å². The quantitative estimate of drug-likeness (QED) is 0.721. The van der Waals surface area contributed by atoms with Gasteiger partial charge in [0.1, 0.15) is 30.0 Å². The molecule has 1 saturated heterocycles. The van der Waals surface area contributed by atoms with Crippen LogP contribution >= 0.6 is 11.6 Å². The minimum atomic E-state index is -0.311. The predicted octanol–water partition coefficient (Wildman–Crippen LogP) is 3.55. The van der Waals surface area contributed by atoms with Crippen LogP contribution in [0.15, 0.2) is 48.5 Å². The van der Waals surface area contributed by atoms with Gasteiger partial charge in [-0.05, 0) is 48.5 Å². The van der Waals surface area contributed by atoms with Gasteiger partial charge in [0.2, 0.25) is 5.91 Å². The molecule has 1 fully saturated rings. The van der Waals surface area contributed by atoms with Crippen LogP contribution < -0.4 is 9.47 Å². The Morgan fingerprint density at radius 1 is 1.11 bits per heavy atom. The van der Waals surface area contributed by atoms with E-state index < -0.39 is 0 Å². The van der Waals surface area contributed by atoms with Crippen molar-refractivity contribution in [3.8, 4) is 11.5 Å². The van der Waals surface area contributed by atoms with E-state index in [-0.39, 0.29) is 24.2 Å². The van der Waals surface area contributed by atoms with Gasteiger partial charge in [0.15, 0.2) is 0 Å². The first-order valence-electron chi connectivity index (χ1n) is 8.76. The lowest BCUT2D eigenvalue weighted by Gasteiger charge is -2.33. The highest BCUT2D eigenvalue weighted by Gasteiger charge is 2.24. The van der Waals surface area contributed by atoms with E-state index in [0.717, 1.165) is 0 Å². The summed E-state index contributed by atoms with van der Waals surface area (Å²) in [7, 11) is 0. The molecule has 2 aromatic carbocycles. The molecule has 0 aromatic heterocycles. The second-order valence-corrected chi connectivity index (χ2v) is 6.59. The molecule has 2 aromatic rings. The van der Waals surface area contributed by atoms with Crippen LogP contribution in [-0.2, 0) is 9.53 Å². The van der Waals surface area contributed by atoms with Crippen molar-refractivity contribution in [1.82, 2.24) is 4.90 Å². The number of hydrogen-bond acceptors (Lipinski definition) is 4. The largest absolute Gasteiger partial charge is 0.493 e. The molecule has 1 atom stereocenters. The summed E-state index contributed by atoms with van der Waals surface area (Å²) in [5.74, 6) is 0.951. The second kappa shape index (κ2) is 9.58. The molecule has 1 aliphatic heterocycles. The first-order valence-corrected chi connectivity index (χ1v) is 9.14. The summed E-state index contributed by atoms with van der Waals surface area (Å²) in [6, 6.07) is 12.8. The maximum absolute atomic E-state index is 12.9. The summed E-state index contributed by atoms with van der Waals surface area (Å²) >= 11 is 5.83. The number of ether oxygens (including phenoxy) is 3. The second-order valence-electron chi connectivity index (χ2n) is 6.15. The molecule has 1 heterocycles. The van der Waals surface area contributed by atoms with Crippen LogP contribution in [0.1, 0.15) is 6.42 Å². The first-order chi connectivity index (χ1) is 13.1. The van der Waals surface area contributed by atoms with E-state index in [1.54, 1.807) is 41.3 Å². The molecule has 0 spiro atoms. The van der Waals surface area contributed by atoms with Crippen LogP contribution in [0.4, 0.5) is 4.39 Å². The third kappa shape index (κ3) is 6.12. The van der Waals surface area contributed by atoms with E-state index in [0.29, 0.717) is 49.4 Å². The van der Waals surface area contributed by atoms with Crippen molar-refractivity contribution >= 4 is 17.5 Å². The average molecular weight is 394 g/mol. The van der Waals surface area contributed by atoms with Gasteiger partial charge in [-0.1, -0.05) is 11.6 Å². The van der Waals surface area contributed by atoms with Crippen molar-refractivity contribution in [1.29, 1.82) is 0 Å². The molecule has 7 heteroatoms. The molecule has 1 amide bonds. The minimum Gasteiger partial charge on any atom is -0.493 e. The Bertz CT molecular complexity index is 739. The number of morpholine rings is 1. The molecular weight excluding hydrogens is 373 g/mol. The number of nitrogens with zero attached hydrogens (tertiary/aromatic N) is 1. The van der Waals surface area contributed by atoms with Crippen molar-refractivity contribution in [3.63, 3.8) is 0 Å². The zero-order valence-corrected chi connectivity index (χ0v) is 15.5. The highest BCUT2D eigenvalue weighted by Crippen LogP contribution is 2.16. The van der Waals surface area contributed by atoms with Gasteiger partial charge in [0, 0.05) is 11.6 Å². The van der Waals surface area contributed by atoms with Crippen molar-refractivity contribution in [2.75, 3.05) is 32.9 Å². The summed E-state index contributed by atoms with van der Waals surface area (Å²) in [6.07, 6.45) is 0.0682. The topological polar surface area (TPSA) is 48.0 Å². The average Bonchev–Trinajstić information content (AvgIpc) is 2.69. The lowest BCUT2D eigenvalue weighted by Crippen LogP contribution is -2.47. The standard InChI is InChI=1S/C20H21ClFNO4/c21-15-1-5-17(6-2-15)25-11-9-20(24)23-10-12-26-19(13-23)14-27-18-7-3-16(22)4-8-18/h1-8,19H,9-14H2. The Morgan fingerprint density at radius 2 is 1.78 bits per heavy atom. The van der Waals surface area contributed by atoms with Gasteiger partial charge in [0.25, 0.3) is 0 Å². The van der Waals surface area contributed by atoms with Crippen LogP contribution in [0, 0.1) is 5.82 Å². The molecule has 1 unspecified atom stereocenters. The smallest absolute Gasteiger partial charge is 0.226 e. The molecule has 0 bridgehead atoms. The molecule has 0 radical (unpaired) electrons. The molecule has 27 heavy (non-hydrogen) atoms. The Kier molecular flexibility index (Phi) is 6.90. The van der Waals surface area contributed by atoms with E-state index in [1.807, 2.05) is 0 Å². The number of benzene rings is 2. The highest BCUT2D eigenvalue weighted by atomic mass is 35.5. The Balaban J connectivity index is 1.40. The van der Waals surface area contributed by atoms with Crippen LogP contribution in [0.2, 0.25) is 5.02 Å². The van der Waals surface area contributed by atoms with Crippen LogP contribution in [0.5, 0.6) is 11.5 Å². The fraction of sp³-hybridized carbons (Fsp3) is 0.350. The van der Waals surface area contributed by atoms with Gasteiger partial charge in [-0.2, -0.15) is 0 Å². The van der Waals surface area contributed by atoms with Gasteiger partial charge < -0.3 is 19.1 Å². The third-order valence-corrected chi connectivity index (χ3v) is 4.39. The monoisotopic (exact) mass is 393 g/mol. The van der Waals surface area contributed by atoms with E-state index in [9.17, 15) is 9.18 Å². The summed E-state index contributed by atoms with van der Waals surface area (Å²) in [4.78, 5) is 14.1. The molecule has 144 valence electrons. The number of carbonyl (C=O) groups excluding carboxylic acids is 1.